The van der Waals surface area contributed by atoms with Crippen LogP contribution in [0.15, 0.2) is 18.3 Å². The van der Waals surface area contributed by atoms with E-state index in [2.05, 4.69) is 48.1 Å². The van der Waals surface area contributed by atoms with E-state index in [0.29, 0.717) is 0 Å². The minimum absolute atomic E-state index is 0.776. The molecule has 0 saturated carbocycles. The second-order valence-corrected chi connectivity index (χ2v) is 5.56. The van der Waals surface area contributed by atoms with Gasteiger partial charge in [-0.25, -0.2) is 4.98 Å². The van der Waals surface area contributed by atoms with Gasteiger partial charge in [-0.1, -0.05) is 26.8 Å². The lowest BCUT2D eigenvalue weighted by atomic mass is 10.0. The quantitative estimate of drug-likeness (QED) is 0.811. The number of hydrogen-bond acceptors (Lipinski definition) is 3. The highest BCUT2D eigenvalue weighted by Gasteiger charge is 2.26. The Labute approximate surface area is 111 Å². The smallest absolute Gasteiger partial charge is 0.128 e. The molecule has 1 fully saturated rings. The molecule has 2 heterocycles. The normalized spacial score (nSPS) is 23.6. The van der Waals surface area contributed by atoms with Crippen LogP contribution in [-0.2, 0) is 6.54 Å². The van der Waals surface area contributed by atoms with E-state index in [4.69, 9.17) is 0 Å². The van der Waals surface area contributed by atoms with E-state index in [1.54, 1.807) is 0 Å². The van der Waals surface area contributed by atoms with E-state index < -0.39 is 0 Å². The van der Waals surface area contributed by atoms with E-state index >= 15 is 0 Å². The average molecular weight is 247 g/mol. The van der Waals surface area contributed by atoms with Gasteiger partial charge in [0.25, 0.3) is 0 Å². The van der Waals surface area contributed by atoms with Crippen molar-refractivity contribution in [3.8, 4) is 0 Å². The van der Waals surface area contributed by atoms with Crippen LogP contribution in [0.4, 0.5) is 5.82 Å². The third-order valence-corrected chi connectivity index (χ3v) is 3.88. The summed E-state index contributed by atoms with van der Waals surface area (Å²) in [6, 6.07) is 4.35. The molecule has 2 atom stereocenters. The lowest BCUT2D eigenvalue weighted by Crippen LogP contribution is -2.21. The van der Waals surface area contributed by atoms with Gasteiger partial charge in [0, 0.05) is 25.8 Å². The maximum Gasteiger partial charge on any atom is 0.128 e. The summed E-state index contributed by atoms with van der Waals surface area (Å²) in [7, 11) is 0. The third-order valence-electron chi connectivity index (χ3n) is 3.88. The number of aromatic nitrogens is 1. The minimum atomic E-state index is 0.776. The van der Waals surface area contributed by atoms with Gasteiger partial charge < -0.3 is 10.2 Å². The first-order chi connectivity index (χ1) is 8.70. The summed E-state index contributed by atoms with van der Waals surface area (Å²) in [5.74, 6) is 2.68. The summed E-state index contributed by atoms with van der Waals surface area (Å²) >= 11 is 0. The molecule has 3 heteroatoms. The van der Waals surface area contributed by atoms with Crippen LogP contribution < -0.4 is 10.2 Å². The summed E-state index contributed by atoms with van der Waals surface area (Å²) in [6.45, 7) is 11.1. The summed E-state index contributed by atoms with van der Waals surface area (Å²) in [5, 5.41) is 3.40. The largest absolute Gasteiger partial charge is 0.356 e. The summed E-state index contributed by atoms with van der Waals surface area (Å²) in [4.78, 5) is 7.00. The van der Waals surface area contributed by atoms with E-state index in [9.17, 15) is 0 Å². The SMILES string of the molecule is CCCNCc1ccc(N2CC(C)C(C)C2)nc1. The molecule has 0 aliphatic carbocycles. The van der Waals surface area contributed by atoms with Gasteiger partial charge in [-0.3, -0.25) is 0 Å². The minimum Gasteiger partial charge on any atom is -0.356 e. The second kappa shape index (κ2) is 6.19. The fourth-order valence-electron chi connectivity index (χ4n) is 2.43. The Bertz CT molecular complexity index is 351. The predicted octanol–water partition coefficient (Wildman–Crippen LogP) is 2.67. The molecule has 0 aromatic carbocycles. The zero-order chi connectivity index (χ0) is 13.0. The molecule has 0 bridgehead atoms. The molecule has 2 unspecified atom stereocenters. The molecule has 0 spiro atoms. The van der Waals surface area contributed by atoms with Gasteiger partial charge in [0.2, 0.25) is 0 Å². The zero-order valence-electron chi connectivity index (χ0n) is 11.8. The summed E-state index contributed by atoms with van der Waals surface area (Å²) in [5.41, 5.74) is 1.27. The molecule has 18 heavy (non-hydrogen) atoms. The summed E-state index contributed by atoms with van der Waals surface area (Å²) in [6.07, 6.45) is 3.18. The number of nitrogens with zero attached hydrogens (tertiary/aromatic N) is 2. The first kappa shape index (κ1) is 13.3. The van der Waals surface area contributed by atoms with E-state index in [0.717, 1.165) is 43.8 Å². The standard InChI is InChI=1S/C15H25N3/c1-4-7-16-8-14-5-6-15(17-9-14)18-10-12(2)13(3)11-18/h5-6,9,12-13,16H,4,7-8,10-11H2,1-3H3. The molecule has 1 N–H and O–H groups in total. The van der Waals surface area contributed by atoms with Crippen molar-refractivity contribution in [3.63, 3.8) is 0 Å². The molecule has 1 aromatic heterocycles. The van der Waals surface area contributed by atoms with Crippen LogP contribution >= 0.6 is 0 Å². The molecule has 1 aromatic rings. The number of hydrogen-bond donors (Lipinski definition) is 1. The summed E-state index contributed by atoms with van der Waals surface area (Å²) < 4.78 is 0. The molecule has 1 aliphatic rings. The van der Waals surface area contributed by atoms with Crippen LogP contribution in [0.1, 0.15) is 32.8 Å². The van der Waals surface area contributed by atoms with Gasteiger partial charge in [0.05, 0.1) is 0 Å². The fraction of sp³-hybridized carbons (Fsp3) is 0.667. The van der Waals surface area contributed by atoms with E-state index in [1.807, 2.05) is 6.20 Å². The molecule has 0 radical (unpaired) electrons. The lowest BCUT2D eigenvalue weighted by Gasteiger charge is -2.17. The molecular weight excluding hydrogens is 222 g/mol. The molecule has 1 saturated heterocycles. The van der Waals surface area contributed by atoms with Crippen molar-refractivity contribution < 1.29 is 0 Å². The van der Waals surface area contributed by atoms with Crippen molar-refractivity contribution in [1.82, 2.24) is 10.3 Å². The van der Waals surface area contributed by atoms with Gasteiger partial charge in [-0.05, 0) is 36.4 Å². The average Bonchev–Trinajstić information content (AvgIpc) is 2.71. The first-order valence-corrected chi connectivity index (χ1v) is 7.11. The van der Waals surface area contributed by atoms with Gasteiger partial charge in [-0.15, -0.1) is 0 Å². The number of nitrogens with one attached hydrogen (secondary N) is 1. The maximum atomic E-state index is 4.59. The van der Waals surface area contributed by atoms with Crippen LogP contribution in [0.5, 0.6) is 0 Å². The van der Waals surface area contributed by atoms with Crippen LogP contribution in [0.25, 0.3) is 0 Å². The van der Waals surface area contributed by atoms with Gasteiger partial charge in [0.15, 0.2) is 0 Å². The molecule has 3 nitrogen and oxygen atoms in total. The highest BCUT2D eigenvalue weighted by molar-refractivity contribution is 5.40. The zero-order valence-corrected chi connectivity index (χ0v) is 11.8. The van der Waals surface area contributed by atoms with Gasteiger partial charge in [-0.2, -0.15) is 0 Å². The molecule has 2 rings (SSSR count). The third kappa shape index (κ3) is 3.22. The Morgan fingerprint density at radius 2 is 2.00 bits per heavy atom. The van der Waals surface area contributed by atoms with Crippen molar-refractivity contribution in [2.45, 2.75) is 33.7 Å². The molecule has 1 aliphatic heterocycles. The Morgan fingerprint density at radius 1 is 1.28 bits per heavy atom. The monoisotopic (exact) mass is 247 g/mol. The molecular formula is C15H25N3. The topological polar surface area (TPSA) is 28.2 Å². The van der Waals surface area contributed by atoms with Gasteiger partial charge >= 0.3 is 0 Å². The highest BCUT2D eigenvalue weighted by Crippen LogP contribution is 2.26. The Morgan fingerprint density at radius 3 is 2.56 bits per heavy atom. The predicted molar refractivity (Wildman–Crippen MR) is 76.8 cm³/mol. The van der Waals surface area contributed by atoms with E-state index in [1.165, 1.54) is 12.0 Å². The molecule has 100 valence electrons. The highest BCUT2D eigenvalue weighted by atomic mass is 15.2. The van der Waals surface area contributed by atoms with Crippen LogP contribution in [0, 0.1) is 11.8 Å². The van der Waals surface area contributed by atoms with Crippen LogP contribution in [0.3, 0.4) is 0 Å². The number of rotatable bonds is 5. The van der Waals surface area contributed by atoms with Crippen molar-refractivity contribution in [3.05, 3.63) is 23.9 Å². The van der Waals surface area contributed by atoms with Crippen molar-refractivity contribution in [2.24, 2.45) is 11.8 Å². The fourth-order valence-corrected chi connectivity index (χ4v) is 2.43. The van der Waals surface area contributed by atoms with Gasteiger partial charge in [0.1, 0.15) is 5.82 Å². The molecule has 0 amide bonds. The van der Waals surface area contributed by atoms with Crippen molar-refractivity contribution in [1.29, 1.82) is 0 Å². The van der Waals surface area contributed by atoms with Crippen LogP contribution in [-0.4, -0.2) is 24.6 Å². The Balaban J connectivity index is 1.91. The van der Waals surface area contributed by atoms with E-state index in [-0.39, 0.29) is 0 Å². The van der Waals surface area contributed by atoms with Crippen molar-refractivity contribution in [2.75, 3.05) is 24.5 Å². The second-order valence-electron chi connectivity index (χ2n) is 5.56. The Kier molecular flexibility index (Phi) is 4.59. The van der Waals surface area contributed by atoms with Crippen molar-refractivity contribution >= 4 is 5.82 Å². The maximum absolute atomic E-state index is 4.59. The number of pyridine rings is 1. The first-order valence-electron chi connectivity index (χ1n) is 7.11. The van der Waals surface area contributed by atoms with Crippen LogP contribution in [0.2, 0.25) is 0 Å². The number of anilines is 1. The lowest BCUT2D eigenvalue weighted by molar-refractivity contribution is 0.494. The Hall–Kier alpha value is -1.09.